The van der Waals surface area contributed by atoms with Crippen LogP contribution in [0.15, 0.2) is 60.7 Å². The molecule has 0 fully saturated rings. The molecule has 2 aromatic rings. The molecule has 0 heterocycles. The van der Waals surface area contributed by atoms with Gasteiger partial charge in [0.15, 0.2) is 0 Å². The Morgan fingerprint density at radius 3 is 2.05 bits per heavy atom. The van der Waals surface area contributed by atoms with Gasteiger partial charge in [-0.1, -0.05) is 60.7 Å². The molecule has 2 atom stereocenters. The first-order chi connectivity index (χ1) is 9.18. The van der Waals surface area contributed by atoms with Gasteiger partial charge in [-0.2, -0.15) is 5.06 Å². The lowest BCUT2D eigenvalue weighted by Gasteiger charge is -2.24. The molecule has 0 aliphatic rings. The van der Waals surface area contributed by atoms with E-state index in [9.17, 15) is 14.7 Å². The van der Waals surface area contributed by atoms with Crippen molar-refractivity contribution in [2.24, 2.45) is 0 Å². The summed E-state index contributed by atoms with van der Waals surface area (Å²) >= 11 is 0. The Bertz CT molecular complexity index is 533. The minimum Gasteiger partial charge on any atom is -0.345 e. The lowest BCUT2D eigenvalue weighted by molar-refractivity contribution is -0.115. The van der Waals surface area contributed by atoms with E-state index in [2.05, 4.69) is 0 Å². The monoisotopic (exact) mass is 277 g/mol. The summed E-state index contributed by atoms with van der Waals surface area (Å²) in [4.78, 5) is 9.46. The zero-order valence-corrected chi connectivity index (χ0v) is 11.3. The molecule has 0 amide bonds. The predicted octanol–water partition coefficient (Wildman–Crippen LogP) is 3.04. The molecule has 19 heavy (non-hydrogen) atoms. The molecule has 2 rings (SSSR count). The fourth-order valence-electron chi connectivity index (χ4n) is 1.94. The highest BCUT2D eigenvalue weighted by atomic mass is 31.1. The van der Waals surface area contributed by atoms with Gasteiger partial charge in [-0.15, -0.1) is 0 Å². The zero-order chi connectivity index (χ0) is 13.7. The summed E-state index contributed by atoms with van der Waals surface area (Å²) in [6, 6.07) is 18.2. The van der Waals surface area contributed by atoms with Crippen molar-refractivity contribution in [1.82, 2.24) is 5.06 Å². The summed E-state index contributed by atoms with van der Waals surface area (Å²) < 4.78 is 11.5. The van der Waals surface area contributed by atoms with Crippen LogP contribution in [-0.4, -0.2) is 15.2 Å². The maximum Gasteiger partial charge on any atom is 0.212 e. The molecule has 4 nitrogen and oxygen atoms in total. The van der Waals surface area contributed by atoms with Crippen LogP contribution in [-0.2, 0) is 11.1 Å². The van der Waals surface area contributed by atoms with E-state index in [1.54, 1.807) is 24.3 Å². The second kappa shape index (κ2) is 6.64. The van der Waals surface area contributed by atoms with Gasteiger partial charge in [-0.3, -0.25) is 4.57 Å². The maximum absolute atomic E-state index is 11.5. The molecule has 0 saturated carbocycles. The number of benzene rings is 2. The molecular weight excluding hydrogens is 261 g/mol. The van der Waals surface area contributed by atoms with E-state index in [1.807, 2.05) is 36.4 Å². The van der Waals surface area contributed by atoms with Crippen molar-refractivity contribution in [3.05, 3.63) is 71.8 Å². The van der Waals surface area contributed by atoms with Crippen molar-refractivity contribution in [2.75, 3.05) is 0 Å². The SMILES string of the molecule is O=[PH](O)C(c1ccccc1)N(O)Cc1ccccc1. The van der Waals surface area contributed by atoms with Crippen LogP contribution in [0.2, 0.25) is 0 Å². The van der Waals surface area contributed by atoms with Crippen LogP contribution in [0.4, 0.5) is 0 Å². The van der Waals surface area contributed by atoms with Gasteiger partial charge in [-0.05, 0) is 11.1 Å². The Labute approximate surface area is 112 Å². The molecule has 2 aromatic carbocycles. The fraction of sp³-hybridized carbons (Fsp3) is 0.143. The third-order valence-electron chi connectivity index (χ3n) is 2.83. The average molecular weight is 277 g/mol. The average Bonchev–Trinajstić information content (AvgIpc) is 2.40. The summed E-state index contributed by atoms with van der Waals surface area (Å²) in [5.74, 6) is -0.883. The highest BCUT2D eigenvalue weighted by Gasteiger charge is 2.23. The molecule has 0 saturated heterocycles. The van der Waals surface area contributed by atoms with Crippen LogP contribution in [0.1, 0.15) is 16.9 Å². The summed E-state index contributed by atoms with van der Waals surface area (Å²) in [7, 11) is -2.92. The summed E-state index contributed by atoms with van der Waals surface area (Å²) in [5, 5.41) is 11.0. The van der Waals surface area contributed by atoms with Crippen LogP contribution < -0.4 is 0 Å². The first kappa shape index (κ1) is 14.0. The van der Waals surface area contributed by atoms with Crippen LogP contribution in [0.3, 0.4) is 0 Å². The van der Waals surface area contributed by atoms with E-state index in [0.717, 1.165) is 10.6 Å². The molecule has 0 bridgehead atoms. The van der Waals surface area contributed by atoms with Crippen molar-refractivity contribution in [3.63, 3.8) is 0 Å². The number of rotatable bonds is 5. The third-order valence-corrected chi connectivity index (χ3v) is 3.93. The summed E-state index contributed by atoms with van der Waals surface area (Å²) in [5.41, 5.74) is 1.52. The van der Waals surface area contributed by atoms with E-state index in [-0.39, 0.29) is 6.54 Å². The quantitative estimate of drug-likeness (QED) is 0.651. The molecule has 100 valence electrons. The number of hydrogen-bond donors (Lipinski definition) is 2. The highest BCUT2D eigenvalue weighted by molar-refractivity contribution is 7.38. The Hall–Kier alpha value is -1.45. The van der Waals surface area contributed by atoms with Gasteiger partial charge in [0.25, 0.3) is 0 Å². The lowest BCUT2D eigenvalue weighted by atomic mass is 10.2. The molecule has 2 N–H and O–H groups in total. The standard InChI is InChI=1S/C14H16NO3P/c16-15(11-12-7-3-1-4-8-12)14(19(17)18)13-9-5-2-6-10-13/h1-10,14,16,19H,11H2,(H,17,18). The van der Waals surface area contributed by atoms with Gasteiger partial charge in [0.2, 0.25) is 8.03 Å². The Balaban J connectivity index is 2.18. The van der Waals surface area contributed by atoms with Gasteiger partial charge in [0.05, 0.1) is 6.54 Å². The highest BCUT2D eigenvalue weighted by Crippen LogP contribution is 2.40. The topological polar surface area (TPSA) is 60.8 Å². The molecular formula is C14H16NO3P. The zero-order valence-electron chi connectivity index (χ0n) is 10.3. The molecule has 2 unspecified atom stereocenters. The van der Waals surface area contributed by atoms with Gasteiger partial charge >= 0.3 is 0 Å². The molecule has 5 heteroatoms. The maximum atomic E-state index is 11.5. The smallest absolute Gasteiger partial charge is 0.212 e. The number of hydrogen-bond acceptors (Lipinski definition) is 3. The van der Waals surface area contributed by atoms with Crippen molar-refractivity contribution in [3.8, 4) is 0 Å². The second-order valence-corrected chi connectivity index (χ2v) is 5.46. The Morgan fingerprint density at radius 1 is 1.00 bits per heavy atom. The van der Waals surface area contributed by atoms with Gasteiger partial charge in [-0.25, -0.2) is 0 Å². The van der Waals surface area contributed by atoms with Crippen LogP contribution >= 0.6 is 8.03 Å². The first-order valence-electron chi connectivity index (χ1n) is 5.95. The second-order valence-electron chi connectivity index (χ2n) is 4.23. The van der Waals surface area contributed by atoms with E-state index in [0.29, 0.717) is 5.56 Å². The summed E-state index contributed by atoms with van der Waals surface area (Å²) in [6.07, 6.45) is 0. The fourth-order valence-corrected chi connectivity index (χ4v) is 2.76. The van der Waals surface area contributed by atoms with Gasteiger partial charge in [0, 0.05) is 0 Å². The molecule has 0 spiro atoms. The van der Waals surface area contributed by atoms with Crippen molar-refractivity contribution < 1.29 is 14.7 Å². The number of nitrogens with zero attached hydrogens (tertiary/aromatic N) is 1. The van der Waals surface area contributed by atoms with Gasteiger partial charge in [0.1, 0.15) is 5.78 Å². The molecule has 0 aliphatic heterocycles. The first-order valence-corrected chi connectivity index (χ1v) is 7.39. The normalized spacial score (nSPS) is 14.3. The van der Waals surface area contributed by atoms with Crippen molar-refractivity contribution >= 4 is 8.03 Å². The molecule has 0 aromatic heterocycles. The molecule has 0 aliphatic carbocycles. The van der Waals surface area contributed by atoms with Crippen LogP contribution in [0, 0.1) is 0 Å². The molecule has 0 radical (unpaired) electrons. The Kier molecular flexibility index (Phi) is 4.88. The van der Waals surface area contributed by atoms with Gasteiger partial charge < -0.3 is 10.1 Å². The van der Waals surface area contributed by atoms with E-state index in [4.69, 9.17) is 0 Å². The van der Waals surface area contributed by atoms with Crippen LogP contribution in [0.25, 0.3) is 0 Å². The number of hydroxylamine groups is 2. The van der Waals surface area contributed by atoms with Crippen molar-refractivity contribution in [1.29, 1.82) is 0 Å². The Morgan fingerprint density at radius 2 is 1.53 bits per heavy atom. The van der Waals surface area contributed by atoms with Crippen LogP contribution in [0.5, 0.6) is 0 Å². The summed E-state index contributed by atoms with van der Waals surface area (Å²) in [6.45, 7) is 0.206. The van der Waals surface area contributed by atoms with Crippen molar-refractivity contribution in [2.45, 2.75) is 12.3 Å². The van der Waals surface area contributed by atoms with E-state index < -0.39 is 13.8 Å². The minimum atomic E-state index is -2.92. The lowest BCUT2D eigenvalue weighted by Crippen LogP contribution is -2.22. The minimum absolute atomic E-state index is 0.206. The predicted molar refractivity (Wildman–Crippen MR) is 74.2 cm³/mol. The largest absolute Gasteiger partial charge is 0.345 e. The van der Waals surface area contributed by atoms with E-state index >= 15 is 0 Å². The third kappa shape index (κ3) is 3.75. The van der Waals surface area contributed by atoms with E-state index in [1.165, 1.54) is 0 Å².